The highest BCUT2D eigenvalue weighted by atomic mass is 19.4. The first-order chi connectivity index (χ1) is 8.95. The molecule has 19 heavy (non-hydrogen) atoms. The topological polar surface area (TPSA) is 41.1 Å². The minimum Gasteiger partial charge on any atom is -0.326 e. The van der Waals surface area contributed by atoms with E-state index >= 15 is 0 Å². The smallest absolute Gasteiger partial charge is 0.326 e. The lowest BCUT2D eigenvalue weighted by Crippen LogP contribution is -2.37. The zero-order valence-electron chi connectivity index (χ0n) is 10.6. The van der Waals surface area contributed by atoms with Crippen LogP contribution >= 0.6 is 0 Å². The van der Waals surface area contributed by atoms with Gasteiger partial charge in [-0.2, -0.15) is 13.2 Å². The Kier molecular flexibility index (Phi) is 5.82. The predicted octanol–water partition coefficient (Wildman–Crippen LogP) is 2.80. The van der Waals surface area contributed by atoms with E-state index in [1.807, 2.05) is 0 Å². The molecule has 0 saturated carbocycles. The molecule has 106 valence electrons. The van der Waals surface area contributed by atoms with Crippen molar-refractivity contribution in [1.29, 1.82) is 0 Å². The number of benzene rings is 1. The van der Waals surface area contributed by atoms with Crippen molar-refractivity contribution in [2.24, 2.45) is 5.92 Å². The van der Waals surface area contributed by atoms with E-state index in [1.54, 1.807) is 37.3 Å². The van der Waals surface area contributed by atoms with Crippen LogP contribution in [0.1, 0.15) is 13.3 Å². The first-order valence-electron chi connectivity index (χ1n) is 6.08. The number of halogens is 3. The van der Waals surface area contributed by atoms with Crippen LogP contribution in [0.5, 0.6) is 0 Å². The van der Waals surface area contributed by atoms with Crippen LogP contribution in [0.15, 0.2) is 30.3 Å². The first kappa shape index (κ1) is 15.5. The van der Waals surface area contributed by atoms with Gasteiger partial charge in [0.25, 0.3) is 0 Å². The molecule has 1 aromatic rings. The number of para-hydroxylation sites is 1. The van der Waals surface area contributed by atoms with Gasteiger partial charge in [0, 0.05) is 5.69 Å². The SMILES string of the molecule is CCNCCC(C(=O)Nc1ccccc1)C(F)(F)F. The fourth-order valence-electron chi connectivity index (χ4n) is 1.62. The number of amides is 1. The second-order valence-corrected chi connectivity index (χ2v) is 4.09. The van der Waals surface area contributed by atoms with Gasteiger partial charge in [0.2, 0.25) is 5.91 Å². The van der Waals surface area contributed by atoms with E-state index < -0.39 is 18.0 Å². The van der Waals surface area contributed by atoms with Gasteiger partial charge >= 0.3 is 6.18 Å². The Labute approximate surface area is 110 Å². The second-order valence-electron chi connectivity index (χ2n) is 4.09. The molecule has 0 aromatic heterocycles. The molecule has 3 nitrogen and oxygen atoms in total. The van der Waals surface area contributed by atoms with E-state index in [-0.39, 0.29) is 13.0 Å². The molecule has 2 N–H and O–H groups in total. The summed E-state index contributed by atoms with van der Waals surface area (Å²) in [7, 11) is 0. The predicted molar refractivity (Wildman–Crippen MR) is 67.8 cm³/mol. The van der Waals surface area contributed by atoms with Gasteiger partial charge in [0.05, 0.1) is 0 Å². The lowest BCUT2D eigenvalue weighted by atomic mass is 10.0. The molecule has 0 aliphatic carbocycles. The molecule has 1 unspecified atom stereocenters. The summed E-state index contributed by atoms with van der Waals surface area (Å²) < 4.78 is 38.4. The summed E-state index contributed by atoms with van der Waals surface area (Å²) in [6.07, 6.45) is -4.80. The monoisotopic (exact) mass is 274 g/mol. The Morgan fingerprint density at radius 3 is 2.42 bits per heavy atom. The molecule has 0 heterocycles. The first-order valence-corrected chi connectivity index (χ1v) is 6.08. The van der Waals surface area contributed by atoms with Crippen LogP contribution in [0.4, 0.5) is 18.9 Å². The van der Waals surface area contributed by atoms with Crippen molar-refractivity contribution in [2.75, 3.05) is 18.4 Å². The van der Waals surface area contributed by atoms with Crippen molar-refractivity contribution in [3.63, 3.8) is 0 Å². The minimum atomic E-state index is -4.53. The van der Waals surface area contributed by atoms with Gasteiger partial charge in [-0.3, -0.25) is 4.79 Å². The summed E-state index contributed by atoms with van der Waals surface area (Å²) in [5, 5.41) is 5.08. The van der Waals surface area contributed by atoms with Gasteiger partial charge in [-0.1, -0.05) is 25.1 Å². The molecule has 1 aromatic carbocycles. The molecular formula is C13H17F3N2O. The van der Waals surface area contributed by atoms with Crippen LogP contribution in [0, 0.1) is 5.92 Å². The zero-order chi connectivity index (χ0) is 14.3. The van der Waals surface area contributed by atoms with Gasteiger partial charge < -0.3 is 10.6 Å². The number of nitrogens with one attached hydrogen (secondary N) is 2. The van der Waals surface area contributed by atoms with Gasteiger partial charge in [-0.25, -0.2) is 0 Å². The molecule has 0 aliphatic heterocycles. The highest BCUT2D eigenvalue weighted by Crippen LogP contribution is 2.29. The highest BCUT2D eigenvalue weighted by molar-refractivity contribution is 5.93. The van der Waals surface area contributed by atoms with E-state index in [2.05, 4.69) is 10.6 Å². The summed E-state index contributed by atoms with van der Waals surface area (Å²) in [6, 6.07) is 8.13. The standard InChI is InChI=1S/C13H17F3N2O/c1-2-17-9-8-11(13(14,15)16)12(19)18-10-6-4-3-5-7-10/h3-7,11,17H,2,8-9H2,1H3,(H,18,19). The summed E-state index contributed by atoms with van der Waals surface area (Å²) in [4.78, 5) is 11.7. The number of anilines is 1. The molecular weight excluding hydrogens is 257 g/mol. The fourth-order valence-corrected chi connectivity index (χ4v) is 1.62. The average molecular weight is 274 g/mol. The maximum atomic E-state index is 12.8. The van der Waals surface area contributed by atoms with Crippen LogP contribution in [0.3, 0.4) is 0 Å². The third-order valence-electron chi connectivity index (χ3n) is 2.61. The normalized spacial score (nSPS) is 13.1. The number of alkyl halides is 3. The van der Waals surface area contributed by atoms with Crippen LogP contribution in [-0.2, 0) is 4.79 Å². The molecule has 1 amide bonds. The summed E-state index contributed by atoms with van der Waals surface area (Å²) in [6.45, 7) is 2.53. The Morgan fingerprint density at radius 1 is 1.26 bits per heavy atom. The Balaban J connectivity index is 2.66. The number of rotatable bonds is 6. The van der Waals surface area contributed by atoms with Gasteiger partial charge in [0.1, 0.15) is 5.92 Å². The van der Waals surface area contributed by atoms with Crippen LogP contribution in [0.25, 0.3) is 0 Å². The summed E-state index contributed by atoms with van der Waals surface area (Å²) in [5.74, 6) is -3.01. The highest BCUT2D eigenvalue weighted by Gasteiger charge is 2.44. The van der Waals surface area contributed by atoms with Crippen molar-refractivity contribution in [1.82, 2.24) is 5.32 Å². The van der Waals surface area contributed by atoms with E-state index in [1.165, 1.54) is 0 Å². The average Bonchev–Trinajstić information content (AvgIpc) is 2.34. The number of hydrogen-bond donors (Lipinski definition) is 2. The zero-order valence-corrected chi connectivity index (χ0v) is 10.6. The molecule has 0 fully saturated rings. The van der Waals surface area contributed by atoms with Crippen LogP contribution < -0.4 is 10.6 Å². The fraction of sp³-hybridized carbons (Fsp3) is 0.462. The largest absolute Gasteiger partial charge is 0.400 e. The second kappa shape index (κ2) is 7.13. The summed E-state index contributed by atoms with van der Waals surface area (Å²) >= 11 is 0. The molecule has 1 atom stereocenters. The minimum absolute atomic E-state index is 0.156. The van der Waals surface area contributed by atoms with Crippen molar-refractivity contribution in [3.05, 3.63) is 30.3 Å². The van der Waals surface area contributed by atoms with Gasteiger partial charge in [-0.05, 0) is 31.6 Å². The maximum Gasteiger partial charge on any atom is 0.400 e. The quantitative estimate of drug-likeness (QED) is 0.783. The van der Waals surface area contributed by atoms with Crippen molar-refractivity contribution in [3.8, 4) is 0 Å². The Morgan fingerprint density at radius 2 is 1.89 bits per heavy atom. The number of carbonyl (C=O) groups excluding carboxylic acids is 1. The van der Waals surface area contributed by atoms with E-state index in [0.717, 1.165) is 0 Å². The van der Waals surface area contributed by atoms with Crippen molar-refractivity contribution < 1.29 is 18.0 Å². The number of hydrogen-bond acceptors (Lipinski definition) is 2. The Hall–Kier alpha value is -1.56. The van der Waals surface area contributed by atoms with Crippen molar-refractivity contribution >= 4 is 11.6 Å². The number of carbonyl (C=O) groups is 1. The lowest BCUT2D eigenvalue weighted by molar-refractivity contribution is -0.180. The third kappa shape index (κ3) is 5.30. The molecule has 1 rings (SSSR count). The van der Waals surface area contributed by atoms with Crippen LogP contribution in [-0.4, -0.2) is 25.2 Å². The van der Waals surface area contributed by atoms with E-state index in [4.69, 9.17) is 0 Å². The van der Waals surface area contributed by atoms with E-state index in [9.17, 15) is 18.0 Å². The summed E-state index contributed by atoms with van der Waals surface area (Å²) in [5.41, 5.74) is 0.366. The molecule has 0 spiro atoms. The molecule has 0 radical (unpaired) electrons. The Bertz CT molecular complexity index is 393. The molecule has 6 heteroatoms. The molecule has 0 saturated heterocycles. The molecule has 0 aliphatic rings. The maximum absolute atomic E-state index is 12.8. The van der Waals surface area contributed by atoms with E-state index in [0.29, 0.717) is 12.2 Å². The van der Waals surface area contributed by atoms with Gasteiger partial charge in [0.15, 0.2) is 0 Å². The lowest BCUT2D eigenvalue weighted by Gasteiger charge is -2.19. The third-order valence-corrected chi connectivity index (χ3v) is 2.61. The van der Waals surface area contributed by atoms with Crippen LogP contribution in [0.2, 0.25) is 0 Å². The van der Waals surface area contributed by atoms with Gasteiger partial charge in [-0.15, -0.1) is 0 Å². The van der Waals surface area contributed by atoms with Crippen molar-refractivity contribution in [2.45, 2.75) is 19.5 Å². The molecule has 0 bridgehead atoms.